The summed E-state index contributed by atoms with van der Waals surface area (Å²) >= 11 is 0. The maximum absolute atomic E-state index is 4.41. The molecule has 1 aliphatic heterocycles. The first-order valence-electron chi connectivity index (χ1n) is 10.6. The van der Waals surface area contributed by atoms with E-state index in [4.69, 9.17) is 0 Å². The topological polar surface area (TPSA) is 69.7 Å². The van der Waals surface area contributed by atoms with Crippen molar-refractivity contribution in [1.29, 1.82) is 0 Å². The van der Waals surface area contributed by atoms with Gasteiger partial charge in [0.2, 0.25) is 5.95 Å². The van der Waals surface area contributed by atoms with Gasteiger partial charge in [-0.2, -0.15) is 5.10 Å². The molecule has 1 saturated heterocycles. The van der Waals surface area contributed by atoms with Gasteiger partial charge in [0.1, 0.15) is 0 Å². The SMILES string of the molecule is c1cnc(N2CCC[C@@H](CNCc3cn[nH]c3-c3cccc4ccccc34)C2)nc1. The Labute approximate surface area is 176 Å². The second-order valence-electron chi connectivity index (χ2n) is 7.93. The summed E-state index contributed by atoms with van der Waals surface area (Å²) in [7, 11) is 0. The largest absolute Gasteiger partial charge is 0.341 e. The van der Waals surface area contributed by atoms with Gasteiger partial charge in [-0.3, -0.25) is 5.10 Å². The molecule has 0 unspecified atom stereocenters. The number of H-pyrrole nitrogens is 1. The van der Waals surface area contributed by atoms with Gasteiger partial charge in [-0.1, -0.05) is 42.5 Å². The molecule has 0 saturated carbocycles. The van der Waals surface area contributed by atoms with E-state index in [1.807, 2.05) is 24.7 Å². The molecule has 1 aliphatic rings. The summed E-state index contributed by atoms with van der Waals surface area (Å²) in [5, 5.41) is 13.7. The fourth-order valence-corrected chi connectivity index (χ4v) is 4.40. The summed E-state index contributed by atoms with van der Waals surface area (Å²) in [6.07, 6.45) is 7.99. The van der Waals surface area contributed by atoms with Gasteiger partial charge in [0.05, 0.1) is 11.9 Å². The average Bonchev–Trinajstić information content (AvgIpc) is 3.28. The lowest BCUT2D eigenvalue weighted by Gasteiger charge is -2.32. The monoisotopic (exact) mass is 398 g/mol. The molecule has 0 bridgehead atoms. The highest BCUT2D eigenvalue weighted by atomic mass is 15.3. The molecule has 0 radical (unpaired) electrons. The maximum Gasteiger partial charge on any atom is 0.225 e. The third-order valence-corrected chi connectivity index (χ3v) is 5.88. The van der Waals surface area contributed by atoms with E-state index >= 15 is 0 Å². The highest BCUT2D eigenvalue weighted by Crippen LogP contribution is 2.29. The number of aromatic nitrogens is 4. The Balaban J connectivity index is 1.25. The molecule has 5 rings (SSSR count). The second-order valence-corrected chi connectivity index (χ2v) is 7.93. The summed E-state index contributed by atoms with van der Waals surface area (Å²) in [6, 6.07) is 16.8. The van der Waals surface area contributed by atoms with Crippen LogP contribution in [0.5, 0.6) is 0 Å². The van der Waals surface area contributed by atoms with Crippen molar-refractivity contribution in [2.24, 2.45) is 5.92 Å². The van der Waals surface area contributed by atoms with Crippen LogP contribution in [0.15, 0.2) is 67.1 Å². The first kappa shape index (κ1) is 18.8. The van der Waals surface area contributed by atoms with Crippen molar-refractivity contribution < 1.29 is 0 Å². The van der Waals surface area contributed by atoms with Crippen molar-refractivity contribution in [2.75, 3.05) is 24.5 Å². The molecule has 3 heterocycles. The molecule has 2 aromatic heterocycles. The van der Waals surface area contributed by atoms with Crippen LogP contribution in [0, 0.1) is 5.92 Å². The first-order chi connectivity index (χ1) is 14.9. The Morgan fingerprint density at radius 1 is 1.03 bits per heavy atom. The molecular weight excluding hydrogens is 372 g/mol. The molecule has 6 heteroatoms. The fourth-order valence-electron chi connectivity index (χ4n) is 4.40. The van der Waals surface area contributed by atoms with Gasteiger partial charge in [0.15, 0.2) is 0 Å². The fraction of sp³-hybridized carbons (Fsp3) is 0.292. The van der Waals surface area contributed by atoms with E-state index in [2.05, 4.69) is 72.8 Å². The quantitative estimate of drug-likeness (QED) is 0.513. The molecule has 30 heavy (non-hydrogen) atoms. The molecular formula is C24H26N6. The Bertz CT molecular complexity index is 1100. The molecule has 2 aromatic carbocycles. The van der Waals surface area contributed by atoms with Gasteiger partial charge in [-0.15, -0.1) is 0 Å². The number of nitrogens with zero attached hydrogens (tertiary/aromatic N) is 4. The summed E-state index contributed by atoms with van der Waals surface area (Å²) in [5.74, 6) is 1.44. The number of piperidine rings is 1. The van der Waals surface area contributed by atoms with E-state index in [1.165, 1.54) is 34.7 Å². The van der Waals surface area contributed by atoms with Crippen LogP contribution >= 0.6 is 0 Å². The van der Waals surface area contributed by atoms with Crippen LogP contribution in [0.1, 0.15) is 18.4 Å². The highest BCUT2D eigenvalue weighted by Gasteiger charge is 2.21. The summed E-state index contributed by atoms with van der Waals surface area (Å²) in [4.78, 5) is 11.1. The van der Waals surface area contributed by atoms with Gasteiger partial charge in [-0.25, -0.2) is 9.97 Å². The normalized spacial score (nSPS) is 16.8. The number of rotatable bonds is 6. The molecule has 2 N–H and O–H groups in total. The molecule has 4 aromatic rings. The third kappa shape index (κ3) is 3.91. The molecule has 1 atom stereocenters. The average molecular weight is 399 g/mol. The Morgan fingerprint density at radius 2 is 1.90 bits per heavy atom. The number of hydrogen-bond acceptors (Lipinski definition) is 5. The van der Waals surface area contributed by atoms with Gasteiger partial charge in [0, 0.05) is 43.2 Å². The van der Waals surface area contributed by atoms with Crippen molar-refractivity contribution in [3.63, 3.8) is 0 Å². The first-order valence-corrected chi connectivity index (χ1v) is 10.6. The van der Waals surface area contributed by atoms with Crippen LogP contribution in [-0.4, -0.2) is 39.8 Å². The zero-order valence-corrected chi connectivity index (χ0v) is 17.0. The van der Waals surface area contributed by atoms with Crippen molar-refractivity contribution in [3.8, 4) is 11.3 Å². The summed E-state index contributed by atoms with van der Waals surface area (Å²) < 4.78 is 0. The van der Waals surface area contributed by atoms with E-state index in [9.17, 15) is 0 Å². The minimum absolute atomic E-state index is 0.593. The Hall–Kier alpha value is -3.25. The smallest absolute Gasteiger partial charge is 0.225 e. The maximum atomic E-state index is 4.41. The number of anilines is 1. The van der Waals surface area contributed by atoms with Crippen LogP contribution in [0.25, 0.3) is 22.0 Å². The van der Waals surface area contributed by atoms with Crippen molar-refractivity contribution in [3.05, 3.63) is 72.7 Å². The lowest BCUT2D eigenvalue weighted by atomic mass is 9.97. The summed E-state index contributed by atoms with van der Waals surface area (Å²) in [6.45, 7) is 3.81. The lowest BCUT2D eigenvalue weighted by molar-refractivity contribution is 0.388. The minimum atomic E-state index is 0.593. The molecule has 0 amide bonds. The van der Waals surface area contributed by atoms with Crippen molar-refractivity contribution >= 4 is 16.7 Å². The van der Waals surface area contributed by atoms with Crippen LogP contribution < -0.4 is 10.2 Å². The molecule has 1 fully saturated rings. The van der Waals surface area contributed by atoms with Gasteiger partial charge < -0.3 is 10.2 Å². The molecule has 0 spiro atoms. The van der Waals surface area contributed by atoms with Crippen molar-refractivity contribution in [1.82, 2.24) is 25.5 Å². The number of benzene rings is 2. The minimum Gasteiger partial charge on any atom is -0.341 e. The number of hydrogen-bond donors (Lipinski definition) is 2. The predicted molar refractivity (Wildman–Crippen MR) is 120 cm³/mol. The third-order valence-electron chi connectivity index (χ3n) is 5.88. The number of fused-ring (bicyclic) bond motifs is 1. The van der Waals surface area contributed by atoms with Crippen LogP contribution in [0.4, 0.5) is 5.95 Å². The number of aromatic amines is 1. The van der Waals surface area contributed by atoms with Gasteiger partial charge >= 0.3 is 0 Å². The second kappa shape index (κ2) is 8.63. The van der Waals surface area contributed by atoms with Crippen molar-refractivity contribution in [2.45, 2.75) is 19.4 Å². The van der Waals surface area contributed by atoms with Crippen LogP contribution in [-0.2, 0) is 6.54 Å². The van der Waals surface area contributed by atoms with Gasteiger partial charge in [0.25, 0.3) is 0 Å². The van der Waals surface area contributed by atoms with Crippen LogP contribution in [0.3, 0.4) is 0 Å². The van der Waals surface area contributed by atoms with Gasteiger partial charge in [-0.05, 0) is 42.1 Å². The summed E-state index contributed by atoms with van der Waals surface area (Å²) in [5.41, 5.74) is 3.50. The van der Waals surface area contributed by atoms with E-state index in [1.54, 1.807) is 0 Å². The lowest BCUT2D eigenvalue weighted by Crippen LogP contribution is -2.40. The zero-order valence-electron chi connectivity index (χ0n) is 17.0. The highest BCUT2D eigenvalue weighted by molar-refractivity contribution is 5.96. The van der Waals surface area contributed by atoms with E-state index in [0.29, 0.717) is 5.92 Å². The zero-order chi connectivity index (χ0) is 20.2. The van der Waals surface area contributed by atoms with E-state index in [0.717, 1.165) is 37.8 Å². The number of nitrogens with one attached hydrogen (secondary N) is 2. The van der Waals surface area contributed by atoms with E-state index in [-0.39, 0.29) is 0 Å². The van der Waals surface area contributed by atoms with Crippen LogP contribution in [0.2, 0.25) is 0 Å². The molecule has 6 nitrogen and oxygen atoms in total. The van der Waals surface area contributed by atoms with E-state index < -0.39 is 0 Å². The molecule has 152 valence electrons. The predicted octanol–water partition coefficient (Wildman–Crippen LogP) is 4.03. The standard InChI is InChI=1S/C24H26N6/c1-2-9-21-19(7-1)8-3-10-22(21)23-20(16-28-29-23)15-25-14-18-6-4-13-30(17-18)24-26-11-5-12-27-24/h1-3,5,7-12,16,18,25H,4,6,13-15,17H2,(H,28,29)/t18-/m0/s1. The Morgan fingerprint density at radius 3 is 2.83 bits per heavy atom. The Kier molecular flexibility index (Phi) is 5.40. The molecule has 0 aliphatic carbocycles.